The van der Waals surface area contributed by atoms with Gasteiger partial charge in [0, 0.05) is 11.7 Å². The highest BCUT2D eigenvalue weighted by Crippen LogP contribution is 2.21. The molecular formula is C13H18F2N2O2S. The summed E-state index contributed by atoms with van der Waals surface area (Å²) in [6.45, 7) is 1.94. The molecule has 1 aliphatic heterocycles. The summed E-state index contributed by atoms with van der Waals surface area (Å²) in [5.41, 5.74) is 0.755. The highest BCUT2D eigenvalue weighted by atomic mass is 32.2. The first-order valence-corrected chi connectivity index (χ1v) is 8.14. The number of sulfone groups is 1. The molecule has 0 saturated carbocycles. The Bertz CT molecular complexity index is 524. The summed E-state index contributed by atoms with van der Waals surface area (Å²) < 4.78 is 47.4. The first kappa shape index (κ1) is 15.2. The average Bonchev–Trinajstić information content (AvgIpc) is 2.68. The second kappa shape index (κ2) is 6.49. The molecule has 1 aliphatic rings. The Hall–Kier alpha value is -1.21. The highest BCUT2D eigenvalue weighted by molar-refractivity contribution is 7.91. The van der Waals surface area contributed by atoms with Crippen LogP contribution in [0.2, 0.25) is 0 Å². The number of nitrogens with one attached hydrogen (secondary N) is 2. The lowest BCUT2D eigenvalue weighted by molar-refractivity contribution is 0.234. The maximum Gasteiger partial charge on any atom is 0.341 e. The van der Waals surface area contributed by atoms with Gasteiger partial charge in [0.2, 0.25) is 9.84 Å². The Morgan fingerprint density at radius 2 is 1.85 bits per heavy atom. The molecule has 1 unspecified atom stereocenters. The lowest BCUT2D eigenvalue weighted by atomic mass is 10.1. The van der Waals surface area contributed by atoms with E-state index in [9.17, 15) is 17.2 Å². The SMILES string of the molecule is O=S(=O)(c1ccc(NC2CCCNCC2)cc1)C(F)F. The van der Waals surface area contributed by atoms with Crippen molar-refractivity contribution >= 4 is 15.5 Å². The van der Waals surface area contributed by atoms with E-state index in [1.807, 2.05) is 0 Å². The first-order valence-electron chi connectivity index (χ1n) is 6.59. The Kier molecular flexibility index (Phi) is 4.93. The van der Waals surface area contributed by atoms with Crippen molar-refractivity contribution in [2.45, 2.75) is 36.0 Å². The minimum atomic E-state index is -4.50. The van der Waals surface area contributed by atoms with Gasteiger partial charge in [0.25, 0.3) is 0 Å². The largest absolute Gasteiger partial charge is 0.382 e. The van der Waals surface area contributed by atoms with Crippen LogP contribution < -0.4 is 10.6 Å². The van der Waals surface area contributed by atoms with Crippen molar-refractivity contribution < 1.29 is 17.2 Å². The molecule has 1 heterocycles. The van der Waals surface area contributed by atoms with Gasteiger partial charge in [-0.3, -0.25) is 0 Å². The van der Waals surface area contributed by atoms with Crippen LogP contribution in [0.4, 0.5) is 14.5 Å². The Morgan fingerprint density at radius 3 is 2.50 bits per heavy atom. The lowest BCUT2D eigenvalue weighted by Gasteiger charge is -2.17. The highest BCUT2D eigenvalue weighted by Gasteiger charge is 2.26. The summed E-state index contributed by atoms with van der Waals surface area (Å²) in [5.74, 6) is -3.38. The molecule has 2 N–H and O–H groups in total. The fraction of sp³-hybridized carbons (Fsp3) is 0.538. The van der Waals surface area contributed by atoms with E-state index in [2.05, 4.69) is 10.6 Å². The predicted molar refractivity (Wildman–Crippen MR) is 73.8 cm³/mol. The zero-order chi connectivity index (χ0) is 14.6. The predicted octanol–water partition coefficient (Wildman–Crippen LogP) is 2.24. The van der Waals surface area contributed by atoms with Crippen LogP contribution in [0.3, 0.4) is 0 Å². The molecule has 1 atom stereocenters. The normalized spacial score (nSPS) is 20.6. The van der Waals surface area contributed by atoms with Gasteiger partial charge in [-0.05, 0) is 56.6 Å². The lowest BCUT2D eigenvalue weighted by Crippen LogP contribution is -2.21. The van der Waals surface area contributed by atoms with Crippen molar-refractivity contribution in [2.75, 3.05) is 18.4 Å². The van der Waals surface area contributed by atoms with Gasteiger partial charge >= 0.3 is 5.76 Å². The molecule has 1 aromatic rings. The summed E-state index contributed by atoms with van der Waals surface area (Å²) in [6.07, 6.45) is 3.09. The first-order chi connectivity index (χ1) is 9.50. The van der Waals surface area contributed by atoms with E-state index >= 15 is 0 Å². The van der Waals surface area contributed by atoms with Crippen molar-refractivity contribution in [3.05, 3.63) is 24.3 Å². The molecule has 1 aromatic carbocycles. The molecule has 0 bridgehead atoms. The quantitative estimate of drug-likeness (QED) is 0.895. The third-order valence-electron chi connectivity index (χ3n) is 3.36. The van der Waals surface area contributed by atoms with Crippen molar-refractivity contribution in [3.8, 4) is 0 Å². The van der Waals surface area contributed by atoms with Gasteiger partial charge in [-0.1, -0.05) is 0 Å². The van der Waals surface area contributed by atoms with Gasteiger partial charge in [0.1, 0.15) is 0 Å². The van der Waals surface area contributed by atoms with E-state index in [0.29, 0.717) is 6.04 Å². The molecule has 0 amide bonds. The van der Waals surface area contributed by atoms with Crippen LogP contribution in [0, 0.1) is 0 Å². The topological polar surface area (TPSA) is 58.2 Å². The average molecular weight is 304 g/mol. The molecule has 20 heavy (non-hydrogen) atoms. The number of halogens is 2. The molecule has 2 rings (SSSR count). The number of anilines is 1. The van der Waals surface area contributed by atoms with Crippen molar-refractivity contribution in [1.29, 1.82) is 0 Å². The van der Waals surface area contributed by atoms with E-state index in [0.717, 1.165) is 38.0 Å². The molecule has 0 radical (unpaired) electrons. The van der Waals surface area contributed by atoms with E-state index in [1.165, 1.54) is 24.3 Å². The zero-order valence-electron chi connectivity index (χ0n) is 11.0. The van der Waals surface area contributed by atoms with Crippen LogP contribution in [0.1, 0.15) is 19.3 Å². The van der Waals surface area contributed by atoms with Crippen LogP contribution in [0.15, 0.2) is 29.2 Å². The molecule has 1 fully saturated rings. The Morgan fingerprint density at radius 1 is 1.15 bits per heavy atom. The third kappa shape index (κ3) is 3.67. The summed E-state index contributed by atoms with van der Waals surface area (Å²) in [6, 6.07) is 5.83. The summed E-state index contributed by atoms with van der Waals surface area (Å²) in [4.78, 5) is -0.347. The Labute approximate surface area is 117 Å². The summed E-state index contributed by atoms with van der Waals surface area (Å²) >= 11 is 0. The van der Waals surface area contributed by atoms with Crippen LogP contribution in [0.25, 0.3) is 0 Å². The van der Waals surface area contributed by atoms with Crippen LogP contribution in [0.5, 0.6) is 0 Å². The molecule has 112 valence electrons. The van der Waals surface area contributed by atoms with Gasteiger partial charge in [-0.25, -0.2) is 8.42 Å². The molecular weight excluding hydrogens is 286 g/mol. The molecule has 7 heteroatoms. The monoisotopic (exact) mass is 304 g/mol. The maximum absolute atomic E-state index is 12.4. The van der Waals surface area contributed by atoms with Crippen molar-refractivity contribution in [1.82, 2.24) is 5.32 Å². The number of hydrogen-bond acceptors (Lipinski definition) is 4. The summed E-state index contributed by atoms with van der Waals surface area (Å²) in [5, 5.41) is 6.61. The van der Waals surface area contributed by atoms with E-state index in [4.69, 9.17) is 0 Å². The maximum atomic E-state index is 12.4. The fourth-order valence-electron chi connectivity index (χ4n) is 2.24. The van der Waals surface area contributed by atoms with Gasteiger partial charge in [-0.2, -0.15) is 8.78 Å². The molecule has 1 saturated heterocycles. The van der Waals surface area contributed by atoms with Crippen LogP contribution in [-0.4, -0.2) is 33.3 Å². The molecule has 0 aromatic heterocycles. The van der Waals surface area contributed by atoms with Gasteiger partial charge in [0.05, 0.1) is 4.90 Å². The number of alkyl halides is 2. The molecule has 0 spiro atoms. The molecule has 0 aliphatic carbocycles. The van der Waals surface area contributed by atoms with Gasteiger partial charge in [-0.15, -0.1) is 0 Å². The van der Waals surface area contributed by atoms with E-state index < -0.39 is 15.6 Å². The number of rotatable bonds is 4. The van der Waals surface area contributed by atoms with Crippen LogP contribution in [-0.2, 0) is 9.84 Å². The Balaban J connectivity index is 2.05. The number of benzene rings is 1. The minimum absolute atomic E-state index is 0.322. The van der Waals surface area contributed by atoms with Crippen molar-refractivity contribution in [2.24, 2.45) is 0 Å². The van der Waals surface area contributed by atoms with Crippen molar-refractivity contribution in [3.63, 3.8) is 0 Å². The zero-order valence-corrected chi connectivity index (χ0v) is 11.8. The fourth-order valence-corrected chi connectivity index (χ4v) is 2.96. The second-order valence-corrected chi connectivity index (χ2v) is 6.77. The third-order valence-corrected chi connectivity index (χ3v) is 4.76. The standard InChI is InChI=1S/C13H18F2N2O2S/c14-13(15)20(18,19)12-5-3-11(4-6-12)17-10-2-1-8-16-9-7-10/h3-6,10,13,16-17H,1-2,7-9H2. The smallest absolute Gasteiger partial charge is 0.341 e. The second-order valence-electron chi connectivity index (χ2n) is 4.85. The van der Waals surface area contributed by atoms with E-state index in [-0.39, 0.29) is 4.90 Å². The summed E-state index contributed by atoms with van der Waals surface area (Å²) in [7, 11) is -4.50. The van der Waals surface area contributed by atoms with E-state index in [1.54, 1.807) is 0 Å². The number of hydrogen-bond donors (Lipinski definition) is 2. The van der Waals surface area contributed by atoms with Crippen LogP contribution >= 0.6 is 0 Å². The van der Waals surface area contributed by atoms with Gasteiger partial charge < -0.3 is 10.6 Å². The minimum Gasteiger partial charge on any atom is -0.382 e. The van der Waals surface area contributed by atoms with Gasteiger partial charge in [0.15, 0.2) is 0 Å². The molecule has 4 nitrogen and oxygen atoms in total.